The third-order valence-electron chi connectivity index (χ3n) is 2.98. The predicted molar refractivity (Wildman–Crippen MR) is 76.6 cm³/mol. The van der Waals surface area contributed by atoms with Gasteiger partial charge in [0.15, 0.2) is 0 Å². The standard InChI is InChI=1S/C12H13BrINO/c1-8-3-2-6-15(8)12(16)10-5-4-9(14)7-11(10)13/h4-5,7-8H,2-3,6H2,1H3/t8-/m0/s1. The Hall–Kier alpha value is -0.100. The van der Waals surface area contributed by atoms with E-state index in [0.29, 0.717) is 6.04 Å². The van der Waals surface area contributed by atoms with E-state index >= 15 is 0 Å². The number of benzene rings is 1. The van der Waals surface area contributed by atoms with Crippen LogP contribution in [0, 0.1) is 3.57 Å². The summed E-state index contributed by atoms with van der Waals surface area (Å²) in [5, 5.41) is 0. The molecule has 2 nitrogen and oxygen atoms in total. The number of rotatable bonds is 1. The minimum absolute atomic E-state index is 0.147. The fraction of sp³-hybridized carbons (Fsp3) is 0.417. The second-order valence-electron chi connectivity index (χ2n) is 4.11. The number of hydrogen-bond acceptors (Lipinski definition) is 1. The van der Waals surface area contributed by atoms with Crippen LogP contribution >= 0.6 is 38.5 Å². The number of carbonyl (C=O) groups is 1. The summed E-state index contributed by atoms with van der Waals surface area (Å²) in [5.74, 6) is 0.147. The summed E-state index contributed by atoms with van der Waals surface area (Å²) < 4.78 is 2.03. The predicted octanol–water partition coefficient (Wildman–Crippen LogP) is 3.68. The van der Waals surface area contributed by atoms with Gasteiger partial charge in [0.1, 0.15) is 0 Å². The van der Waals surface area contributed by atoms with E-state index in [1.54, 1.807) is 0 Å². The lowest BCUT2D eigenvalue weighted by molar-refractivity contribution is 0.0746. The first-order chi connectivity index (χ1) is 7.59. The second kappa shape index (κ2) is 5.04. The first-order valence-electron chi connectivity index (χ1n) is 5.35. The van der Waals surface area contributed by atoms with Gasteiger partial charge < -0.3 is 4.90 Å². The lowest BCUT2D eigenvalue weighted by Gasteiger charge is -2.22. The van der Waals surface area contributed by atoms with Gasteiger partial charge in [-0.15, -0.1) is 0 Å². The van der Waals surface area contributed by atoms with Crippen molar-refractivity contribution in [2.24, 2.45) is 0 Å². The number of amides is 1. The Morgan fingerprint density at radius 1 is 1.56 bits per heavy atom. The average Bonchev–Trinajstić information content (AvgIpc) is 2.63. The molecule has 0 N–H and O–H groups in total. The zero-order chi connectivity index (χ0) is 11.7. The Labute approximate surface area is 118 Å². The van der Waals surface area contributed by atoms with Gasteiger partial charge in [-0.25, -0.2) is 0 Å². The van der Waals surface area contributed by atoms with E-state index in [2.05, 4.69) is 45.4 Å². The molecule has 1 fully saturated rings. The van der Waals surface area contributed by atoms with Gasteiger partial charge in [0.2, 0.25) is 0 Å². The monoisotopic (exact) mass is 393 g/mol. The molecule has 1 heterocycles. The van der Waals surface area contributed by atoms with Crippen LogP contribution in [0.15, 0.2) is 22.7 Å². The van der Waals surface area contributed by atoms with Crippen LogP contribution in [0.4, 0.5) is 0 Å². The molecule has 86 valence electrons. The maximum Gasteiger partial charge on any atom is 0.255 e. The van der Waals surface area contributed by atoms with Crippen LogP contribution in [-0.4, -0.2) is 23.4 Å². The zero-order valence-electron chi connectivity index (χ0n) is 9.04. The number of carbonyl (C=O) groups excluding carboxylic acids is 1. The van der Waals surface area contributed by atoms with E-state index in [-0.39, 0.29) is 5.91 Å². The van der Waals surface area contributed by atoms with Crippen LogP contribution in [0.5, 0.6) is 0 Å². The van der Waals surface area contributed by atoms with Crippen molar-refractivity contribution < 1.29 is 4.79 Å². The van der Waals surface area contributed by atoms with Crippen molar-refractivity contribution >= 4 is 44.4 Å². The molecule has 4 heteroatoms. The van der Waals surface area contributed by atoms with E-state index in [4.69, 9.17) is 0 Å². The zero-order valence-corrected chi connectivity index (χ0v) is 12.8. The number of nitrogens with zero attached hydrogens (tertiary/aromatic N) is 1. The Kier molecular flexibility index (Phi) is 3.89. The van der Waals surface area contributed by atoms with Crippen LogP contribution in [0.25, 0.3) is 0 Å². The third kappa shape index (κ3) is 2.42. The number of halogens is 2. The molecule has 0 spiro atoms. The molecule has 1 amide bonds. The lowest BCUT2D eigenvalue weighted by Crippen LogP contribution is -2.33. The van der Waals surface area contributed by atoms with E-state index in [1.807, 2.05) is 23.1 Å². The highest BCUT2D eigenvalue weighted by Gasteiger charge is 2.26. The first-order valence-corrected chi connectivity index (χ1v) is 7.23. The molecule has 16 heavy (non-hydrogen) atoms. The number of hydrogen-bond donors (Lipinski definition) is 0. The molecule has 0 aromatic heterocycles. The summed E-state index contributed by atoms with van der Waals surface area (Å²) in [7, 11) is 0. The Balaban J connectivity index is 2.27. The third-order valence-corrected chi connectivity index (χ3v) is 4.30. The molecule has 0 bridgehead atoms. The van der Waals surface area contributed by atoms with Crippen LogP contribution < -0.4 is 0 Å². The van der Waals surface area contributed by atoms with Gasteiger partial charge in [0, 0.05) is 20.6 Å². The van der Waals surface area contributed by atoms with Crippen molar-refractivity contribution in [3.05, 3.63) is 31.8 Å². The molecule has 2 rings (SSSR count). The van der Waals surface area contributed by atoms with Crippen molar-refractivity contribution in [2.75, 3.05) is 6.54 Å². The Bertz CT molecular complexity index is 421. The number of likely N-dealkylation sites (tertiary alicyclic amines) is 1. The highest BCUT2D eigenvalue weighted by atomic mass is 127. The molecule has 0 saturated carbocycles. The smallest absolute Gasteiger partial charge is 0.255 e. The molecule has 0 unspecified atom stereocenters. The summed E-state index contributed by atoms with van der Waals surface area (Å²) in [6.07, 6.45) is 2.24. The quantitative estimate of drug-likeness (QED) is 0.666. The average molecular weight is 394 g/mol. The van der Waals surface area contributed by atoms with Crippen molar-refractivity contribution in [1.82, 2.24) is 4.90 Å². The molecular formula is C12H13BrINO. The van der Waals surface area contributed by atoms with Gasteiger partial charge >= 0.3 is 0 Å². The molecule has 1 atom stereocenters. The fourth-order valence-corrected chi connectivity index (χ4v) is 3.52. The molecular weight excluding hydrogens is 381 g/mol. The van der Waals surface area contributed by atoms with Gasteiger partial charge in [0.25, 0.3) is 5.91 Å². The lowest BCUT2D eigenvalue weighted by atomic mass is 10.2. The van der Waals surface area contributed by atoms with Crippen LogP contribution in [0.3, 0.4) is 0 Å². The maximum absolute atomic E-state index is 12.3. The normalized spacial score (nSPS) is 20.2. The van der Waals surface area contributed by atoms with E-state index < -0.39 is 0 Å². The summed E-state index contributed by atoms with van der Waals surface area (Å²) in [6, 6.07) is 6.23. The molecule has 0 aliphatic carbocycles. The van der Waals surface area contributed by atoms with Gasteiger partial charge in [0.05, 0.1) is 5.56 Å². The van der Waals surface area contributed by atoms with Crippen LogP contribution in [0.1, 0.15) is 30.1 Å². The minimum atomic E-state index is 0.147. The van der Waals surface area contributed by atoms with E-state index in [9.17, 15) is 4.79 Å². The summed E-state index contributed by atoms with van der Waals surface area (Å²) >= 11 is 5.71. The Morgan fingerprint density at radius 2 is 2.31 bits per heavy atom. The van der Waals surface area contributed by atoms with Crippen molar-refractivity contribution in [2.45, 2.75) is 25.8 Å². The largest absolute Gasteiger partial charge is 0.336 e. The summed E-state index contributed by atoms with van der Waals surface area (Å²) in [6.45, 7) is 3.00. The van der Waals surface area contributed by atoms with Gasteiger partial charge in [-0.3, -0.25) is 4.79 Å². The van der Waals surface area contributed by atoms with E-state index in [0.717, 1.165) is 33.0 Å². The summed E-state index contributed by atoms with van der Waals surface area (Å²) in [5.41, 5.74) is 0.772. The van der Waals surface area contributed by atoms with Crippen molar-refractivity contribution in [3.8, 4) is 0 Å². The molecule has 1 aliphatic heterocycles. The summed E-state index contributed by atoms with van der Waals surface area (Å²) in [4.78, 5) is 14.2. The molecule has 1 aromatic rings. The SMILES string of the molecule is C[C@H]1CCCN1C(=O)c1ccc(I)cc1Br. The highest BCUT2D eigenvalue weighted by molar-refractivity contribution is 14.1. The van der Waals surface area contributed by atoms with Crippen molar-refractivity contribution in [3.63, 3.8) is 0 Å². The van der Waals surface area contributed by atoms with Gasteiger partial charge in [-0.05, 0) is 76.5 Å². The van der Waals surface area contributed by atoms with Gasteiger partial charge in [-0.1, -0.05) is 0 Å². The molecule has 1 saturated heterocycles. The fourth-order valence-electron chi connectivity index (χ4n) is 2.05. The molecule has 0 radical (unpaired) electrons. The second-order valence-corrected chi connectivity index (χ2v) is 6.21. The molecule has 1 aliphatic rings. The maximum atomic E-state index is 12.3. The highest BCUT2D eigenvalue weighted by Crippen LogP contribution is 2.25. The topological polar surface area (TPSA) is 20.3 Å². The van der Waals surface area contributed by atoms with Crippen LogP contribution in [-0.2, 0) is 0 Å². The first kappa shape index (κ1) is 12.4. The van der Waals surface area contributed by atoms with E-state index in [1.165, 1.54) is 0 Å². The van der Waals surface area contributed by atoms with Gasteiger partial charge in [-0.2, -0.15) is 0 Å². The molecule has 1 aromatic carbocycles. The van der Waals surface area contributed by atoms with Crippen LogP contribution in [0.2, 0.25) is 0 Å². The van der Waals surface area contributed by atoms with Crippen molar-refractivity contribution in [1.29, 1.82) is 0 Å². The Morgan fingerprint density at radius 3 is 2.88 bits per heavy atom. The minimum Gasteiger partial charge on any atom is -0.336 e.